The van der Waals surface area contributed by atoms with Crippen LogP contribution in [0.4, 0.5) is 0 Å². The van der Waals surface area contributed by atoms with E-state index < -0.39 is 0 Å². The number of thioether (sulfide) groups is 1. The Hall–Kier alpha value is -0.540. The van der Waals surface area contributed by atoms with Gasteiger partial charge in [0, 0.05) is 29.7 Å². The van der Waals surface area contributed by atoms with Gasteiger partial charge in [0.2, 0.25) is 0 Å². The lowest BCUT2D eigenvalue weighted by Crippen LogP contribution is -2.40. The van der Waals surface area contributed by atoms with Crippen LogP contribution in [0, 0.1) is 0 Å². The van der Waals surface area contributed by atoms with E-state index in [0.717, 1.165) is 5.25 Å². The van der Waals surface area contributed by atoms with E-state index in [-0.39, 0.29) is 0 Å². The molecule has 1 aromatic rings. The SMILES string of the molecule is CC1SCCCC1N[C@H](C)c1ccncc1. The van der Waals surface area contributed by atoms with Crippen molar-refractivity contribution in [2.24, 2.45) is 0 Å². The predicted octanol–water partition coefficient (Wildman–Crippen LogP) is 3.02. The first-order valence-corrected chi connectivity index (χ1v) is 7.10. The lowest BCUT2D eigenvalue weighted by Gasteiger charge is -2.32. The highest BCUT2D eigenvalue weighted by Gasteiger charge is 2.23. The molecule has 1 aromatic heterocycles. The summed E-state index contributed by atoms with van der Waals surface area (Å²) in [5, 5.41) is 4.47. The van der Waals surface area contributed by atoms with Crippen molar-refractivity contribution in [3.05, 3.63) is 30.1 Å². The van der Waals surface area contributed by atoms with Crippen LogP contribution in [0.25, 0.3) is 0 Å². The quantitative estimate of drug-likeness (QED) is 0.873. The van der Waals surface area contributed by atoms with Crippen molar-refractivity contribution < 1.29 is 0 Å². The maximum Gasteiger partial charge on any atom is 0.0295 e. The molecule has 0 aromatic carbocycles. The van der Waals surface area contributed by atoms with Gasteiger partial charge in [-0.1, -0.05) is 6.92 Å². The standard InChI is InChI=1S/C13H20N2S/c1-10(12-5-7-14-8-6-12)15-13-4-3-9-16-11(13)2/h5-8,10-11,13,15H,3-4,9H2,1-2H3/t10-,11?,13?/m1/s1. The van der Waals surface area contributed by atoms with Crippen LogP contribution in [-0.2, 0) is 0 Å². The van der Waals surface area contributed by atoms with Gasteiger partial charge in [-0.05, 0) is 43.2 Å². The summed E-state index contributed by atoms with van der Waals surface area (Å²) in [6, 6.07) is 5.27. The minimum absolute atomic E-state index is 0.425. The van der Waals surface area contributed by atoms with Crippen molar-refractivity contribution in [2.45, 2.75) is 44.0 Å². The summed E-state index contributed by atoms with van der Waals surface area (Å²) >= 11 is 2.09. The summed E-state index contributed by atoms with van der Waals surface area (Å²) in [6.45, 7) is 4.57. The van der Waals surface area contributed by atoms with Crippen molar-refractivity contribution >= 4 is 11.8 Å². The van der Waals surface area contributed by atoms with Gasteiger partial charge in [-0.25, -0.2) is 0 Å². The molecule has 2 heterocycles. The van der Waals surface area contributed by atoms with Crippen molar-refractivity contribution in [1.29, 1.82) is 0 Å². The van der Waals surface area contributed by atoms with E-state index >= 15 is 0 Å². The van der Waals surface area contributed by atoms with Crippen LogP contribution in [0.15, 0.2) is 24.5 Å². The predicted molar refractivity (Wildman–Crippen MR) is 70.7 cm³/mol. The molecule has 16 heavy (non-hydrogen) atoms. The van der Waals surface area contributed by atoms with E-state index in [1.165, 1.54) is 24.2 Å². The van der Waals surface area contributed by atoms with Crippen molar-refractivity contribution in [1.82, 2.24) is 10.3 Å². The van der Waals surface area contributed by atoms with Crippen molar-refractivity contribution in [3.63, 3.8) is 0 Å². The smallest absolute Gasteiger partial charge is 0.0295 e. The number of aromatic nitrogens is 1. The molecule has 0 spiro atoms. The molecular weight excluding hydrogens is 216 g/mol. The van der Waals surface area contributed by atoms with Crippen LogP contribution in [0.3, 0.4) is 0 Å². The van der Waals surface area contributed by atoms with E-state index in [2.05, 4.69) is 48.0 Å². The number of nitrogens with one attached hydrogen (secondary N) is 1. The Morgan fingerprint density at radius 2 is 2.19 bits per heavy atom. The van der Waals surface area contributed by atoms with Crippen LogP contribution in [0.2, 0.25) is 0 Å². The number of nitrogens with zero attached hydrogens (tertiary/aromatic N) is 1. The first-order valence-electron chi connectivity index (χ1n) is 6.05. The molecular formula is C13H20N2S. The number of rotatable bonds is 3. The molecule has 0 aliphatic carbocycles. The van der Waals surface area contributed by atoms with Crippen LogP contribution in [-0.4, -0.2) is 22.0 Å². The minimum atomic E-state index is 0.425. The second kappa shape index (κ2) is 5.69. The van der Waals surface area contributed by atoms with Crippen LogP contribution < -0.4 is 5.32 Å². The zero-order valence-corrected chi connectivity index (χ0v) is 10.8. The van der Waals surface area contributed by atoms with Gasteiger partial charge in [-0.2, -0.15) is 11.8 Å². The third-order valence-electron chi connectivity index (χ3n) is 3.28. The molecule has 0 saturated carbocycles. The lowest BCUT2D eigenvalue weighted by molar-refractivity contribution is 0.417. The first kappa shape index (κ1) is 11.9. The van der Waals surface area contributed by atoms with Crippen molar-refractivity contribution in [3.8, 4) is 0 Å². The second-order valence-corrected chi connectivity index (χ2v) is 5.98. The monoisotopic (exact) mass is 236 g/mol. The van der Waals surface area contributed by atoms with Gasteiger partial charge in [0.25, 0.3) is 0 Å². The molecule has 0 radical (unpaired) electrons. The molecule has 3 atom stereocenters. The molecule has 88 valence electrons. The van der Waals surface area contributed by atoms with E-state index in [4.69, 9.17) is 0 Å². The summed E-state index contributed by atoms with van der Waals surface area (Å²) in [5.41, 5.74) is 1.33. The minimum Gasteiger partial charge on any atom is -0.306 e. The molecule has 1 fully saturated rings. The maximum absolute atomic E-state index is 4.06. The highest BCUT2D eigenvalue weighted by atomic mass is 32.2. The Bertz CT molecular complexity index is 315. The Kier molecular flexibility index (Phi) is 4.24. The fourth-order valence-corrected chi connectivity index (χ4v) is 3.36. The molecule has 1 aliphatic rings. The normalized spacial score (nSPS) is 27.6. The van der Waals surface area contributed by atoms with E-state index in [0.29, 0.717) is 12.1 Å². The fraction of sp³-hybridized carbons (Fsp3) is 0.615. The van der Waals surface area contributed by atoms with E-state index in [9.17, 15) is 0 Å². The summed E-state index contributed by atoms with van der Waals surface area (Å²) in [7, 11) is 0. The zero-order valence-electron chi connectivity index (χ0n) is 10.0. The third kappa shape index (κ3) is 2.98. The average molecular weight is 236 g/mol. The number of hydrogen-bond acceptors (Lipinski definition) is 3. The van der Waals surface area contributed by atoms with Crippen LogP contribution >= 0.6 is 11.8 Å². The molecule has 3 heteroatoms. The van der Waals surface area contributed by atoms with E-state index in [1.54, 1.807) is 0 Å². The number of pyridine rings is 1. The Morgan fingerprint density at radius 1 is 1.44 bits per heavy atom. The third-order valence-corrected chi connectivity index (χ3v) is 4.66. The highest BCUT2D eigenvalue weighted by molar-refractivity contribution is 7.99. The molecule has 2 rings (SSSR count). The van der Waals surface area contributed by atoms with Crippen LogP contribution in [0.5, 0.6) is 0 Å². The largest absolute Gasteiger partial charge is 0.306 e. The van der Waals surface area contributed by atoms with Crippen LogP contribution in [0.1, 0.15) is 38.3 Å². The average Bonchev–Trinajstić information content (AvgIpc) is 2.33. The molecule has 0 bridgehead atoms. The van der Waals surface area contributed by atoms with E-state index in [1.807, 2.05) is 12.4 Å². The van der Waals surface area contributed by atoms with Gasteiger partial charge in [0.05, 0.1) is 0 Å². The lowest BCUT2D eigenvalue weighted by atomic mass is 10.0. The molecule has 0 amide bonds. The Morgan fingerprint density at radius 3 is 2.88 bits per heavy atom. The van der Waals surface area contributed by atoms with Gasteiger partial charge in [0.1, 0.15) is 0 Å². The van der Waals surface area contributed by atoms with Gasteiger partial charge < -0.3 is 5.32 Å². The molecule has 1 saturated heterocycles. The summed E-state index contributed by atoms with van der Waals surface area (Å²) in [4.78, 5) is 4.06. The Balaban J connectivity index is 1.94. The molecule has 2 nitrogen and oxygen atoms in total. The van der Waals surface area contributed by atoms with Gasteiger partial charge in [0.15, 0.2) is 0 Å². The molecule has 1 N–H and O–H groups in total. The molecule has 1 aliphatic heterocycles. The summed E-state index contributed by atoms with van der Waals surface area (Å²) in [6.07, 6.45) is 6.39. The molecule has 2 unspecified atom stereocenters. The summed E-state index contributed by atoms with van der Waals surface area (Å²) < 4.78 is 0. The first-order chi connectivity index (χ1) is 7.77. The van der Waals surface area contributed by atoms with Gasteiger partial charge in [-0.15, -0.1) is 0 Å². The van der Waals surface area contributed by atoms with Crippen molar-refractivity contribution in [2.75, 3.05) is 5.75 Å². The van der Waals surface area contributed by atoms with Gasteiger partial charge in [-0.3, -0.25) is 4.98 Å². The number of hydrogen-bond donors (Lipinski definition) is 1. The maximum atomic E-state index is 4.06. The second-order valence-electron chi connectivity index (χ2n) is 4.49. The zero-order chi connectivity index (χ0) is 11.4. The topological polar surface area (TPSA) is 24.9 Å². The Labute approximate surface area is 102 Å². The summed E-state index contributed by atoms with van der Waals surface area (Å²) in [5.74, 6) is 1.32. The van der Waals surface area contributed by atoms with Gasteiger partial charge >= 0.3 is 0 Å². The fourth-order valence-electron chi connectivity index (χ4n) is 2.21. The highest BCUT2D eigenvalue weighted by Crippen LogP contribution is 2.26.